The molecular formula is C16H19N3O. The third-order valence-electron chi connectivity index (χ3n) is 4.03. The number of carbonyl (C=O) groups is 1. The van der Waals surface area contributed by atoms with Gasteiger partial charge in [-0.05, 0) is 25.0 Å². The normalized spacial score (nSPS) is 22.6. The maximum Gasteiger partial charge on any atom is 0.252 e. The Labute approximate surface area is 118 Å². The molecule has 1 aromatic carbocycles. The topological polar surface area (TPSA) is 68.0 Å². The lowest BCUT2D eigenvalue weighted by Crippen LogP contribution is -2.49. The summed E-state index contributed by atoms with van der Waals surface area (Å²) in [6.45, 7) is 0. The monoisotopic (exact) mass is 269 g/mol. The second kappa shape index (κ2) is 5.59. The number of hydrogen-bond acceptors (Lipinski definition) is 3. The molecule has 4 nitrogen and oxygen atoms in total. The van der Waals surface area contributed by atoms with Crippen molar-refractivity contribution in [1.82, 2.24) is 10.3 Å². The van der Waals surface area contributed by atoms with Gasteiger partial charge in [-0.3, -0.25) is 9.78 Å². The molecule has 1 aromatic heterocycles. The van der Waals surface area contributed by atoms with Crippen molar-refractivity contribution in [3.05, 3.63) is 42.1 Å². The fraction of sp³-hybridized carbons (Fsp3) is 0.375. The molecule has 0 aliphatic heterocycles. The smallest absolute Gasteiger partial charge is 0.252 e. The van der Waals surface area contributed by atoms with Crippen LogP contribution in [-0.2, 0) is 0 Å². The van der Waals surface area contributed by atoms with Gasteiger partial charge in [0.1, 0.15) is 0 Å². The minimum atomic E-state index is -0.0500. The number of nitrogens with two attached hydrogens (primary N) is 1. The van der Waals surface area contributed by atoms with Gasteiger partial charge in [0, 0.05) is 23.7 Å². The summed E-state index contributed by atoms with van der Waals surface area (Å²) in [4.78, 5) is 16.8. The molecule has 1 amide bonds. The van der Waals surface area contributed by atoms with Gasteiger partial charge < -0.3 is 11.1 Å². The van der Waals surface area contributed by atoms with Gasteiger partial charge in [-0.25, -0.2) is 0 Å². The molecule has 0 bridgehead atoms. The first kappa shape index (κ1) is 13.1. The van der Waals surface area contributed by atoms with Gasteiger partial charge in [-0.2, -0.15) is 0 Å². The van der Waals surface area contributed by atoms with Crippen molar-refractivity contribution in [2.24, 2.45) is 5.73 Å². The number of hydrogen-bond donors (Lipinski definition) is 2. The van der Waals surface area contributed by atoms with E-state index < -0.39 is 0 Å². The number of para-hydroxylation sites is 1. The van der Waals surface area contributed by atoms with Gasteiger partial charge in [0.15, 0.2) is 0 Å². The molecule has 0 spiro atoms. The summed E-state index contributed by atoms with van der Waals surface area (Å²) < 4.78 is 0. The molecule has 3 N–H and O–H groups in total. The maximum atomic E-state index is 12.5. The fourth-order valence-electron chi connectivity index (χ4n) is 2.88. The van der Waals surface area contributed by atoms with Crippen LogP contribution in [0.15, 0.2) is 36.5 Å². The summed E-state index contributed by atoms with van der Waals surface area (Å²) in [5, 5.41) is 3.97. The van der Waals surface area contributed by atoms with Crippen LogP contribution >= 0.6 is 0 Å². The molecule has 1 heterocycles. The second-order valence-corrected chi connectivity index (χ2v) is 5.40. The Kier molecular flexibility index (Phi) is 3.65. The van der Waals surface area contributed by atoms with E-state index in [1.165, 1.54) is 0 Å². The van der Waals surface area contributed by atoms with Crippen LogP contribution in [0.4, 0.5) is 0 Å². The predicted molar refractivity (Wildman–Crippen MR) is 79.4 cm³/mol. The molecule has 2 aromatic rings. The number of nitrogens with zero attached hydrogens (tertiary/aromatic N) is 1. The Morgan fingerprint density at radius 2 is 2.00 bits per heavy atom. The van der Waals surface area contributed by atoms with E-state index in [4.69, 9.17) is 5.73 Å². The van der Waals surface area contributed by atoms with Crippen LogP contribution in [0.2, 0.25) is 0 Å². The van der Waals surface area contributed by atoms with E-state index in [1.54, 1.807) is 12.3 Å². The van der Waals surface area contributed by atoms with Crippen molar-refractivity contribution in [2.45, 2.75) is 37.8 Å². The van der Waals surface area contributed by atoms with E-state index in [2.05, 4.69) is 10.3 Å². The molecule has 0 unspecified atom stereocenters. The van der Waals surface area contributed by atoms with Gasteiger partial charge in [0.25, 0.3) is 5.91 Å². The van der Waals surface area contributed by atoms with Gasteiger partial charge >= 0.3 is 0 Å². The Morgan fingerprint density at radius 1 is 1.20 bits per heavy atom. The van der Waals surface area contributed by atoms with Crippen LogP contribution in [0.3, 0.4) is 0 Å². The minimum Gasteiger partial charge on any atom is -0.348 e. The molecule has 3 rings (SSSR count). The number of carbonyl (C=O) groups excluding carboxylic acids is 1. The van der Waals surface area contributed by atoms with Crippen molar-refractivity contribution in [3.8, 4) is 0 Å². The van der Waals surface area contributed by atoms with E-state index in [-0.39, 0.29) is 18.0 Å². The molecule has 4 heteroatoms. The SMILES string of the molecule is N[C@@H]1CCCC[C@H]1NC(=O)c1ccnc2ccccc12. The van der Waals surface area contributed by atoms with Gasteiger partial charge in [-0.15, -0.1) is 0 Å². The first-order valence-corrected chi connectivity index (χ1v) is 7.16. The number of fused-ring (bicyclic) bond motifs is 1. The highest BCUT2D eigenvalue weighted by atomic mass is 16.1. The summed E-state index contributed by atoms with van der Waals surface area (Å²) in [7, 11) is 0. The number of aromatic nitrogens is 1. The van der Waals surface area contributed by atoms with E-state index in [0.29, 0.717) is 5.56 Å². The number of rotatable bonds is 2. The Morgan fingerprint density at radius 3 is 2.85 bits per heavy atom. The van der Waals surface area contributed by atoms with Crippen molar-refractivity contribution >= 4 is 16.8 Å². The molecule has 20 heavy (non-hydrogen) atoms. The van der Waals surface area contributed by atoms with Crippen molar-refractivity contribution in [1.29, 1.82) is 0 Å². The molecule has 104 valence electrons. The van der Waals surface area contributed by atoms with E-state index in [9.17, 15) is 4.79 Å². The molecular weight excluding hydrogens is 250 g/mol. The highest BCUT2D eigenvalue weighted by molar-refractivity contribution is 6.06. The lowest BCUT2D eigenvalue weighted by atomic mass is 9.91. The van der Waals surface area contributed by atoms with Crippen LogP contribution in [0.25, 0.3) is 10.9 Å². The molecule has 0 saturated heterocycles. The minimum absolute atomic E-state index is 0.0500. The number of nitrogens with one attached hydrogen (secondary N) is 1. The fourth-order valence-corrected chi connectivity index (χ4v) is 2.88. The standard InChI is InChI=1S/C16H19N3O/c17-13-6-2-4-8-15(13)19-16(20)12-9-10-18-14-7-3-1-5-11(12)14/h1,3,5,7,9-10,13,15H,2,4,6,8,17H2,(H,19,20)/t13-,15-/m1/s1. The van der Waals surface area contributed by atoms with Crippen molar-refractivity contribution < 1.29 is 4.79 Å². The predicted octanol–water partition coefficient (Wildman–Crippen LogP) is 2.23. The van der Waals surface area contributed by atoms with Crippen molar-refractivity contribution in [2.75, 3.05) is 0 Å². The molecule has 0 radical (unpaired) electrons. The van der Waals surface area contributed by atoms with E-state index in [0.717, 1.165) is 36.6 Å². The summed E-state index contributed by atoms with van der Waals surface area (Å²) in [6.07, 6.45) is 5.93. The first-order valence-electron chi connectivity index (χ1n) is 7.16. The maximum absolute atomic E-state index is 12.5. The second-order valence-electron chi connectivity index (χ2n) is 5.40. The summed E-state index contributed by atoms with van der Waals surface area (Å²) in [5.41, 5.74) is 7.61. The zero-order chi connectivity index (χ0) is 13.9. The van der Waals surface area contributed by atoms with Gasteiger partial charge in [-0.1, -0.05) is 31.0 Å². The number of benzene rings is 1. The van der Waals surface area contributed by atoms with Crippen LogP contribution in [0.1, 0.15) is 36.0 Å². The first-order chi connectivity index (χ1) is 9.75. The van der Waals surface area contributed by atoms with Crippen molar-refractivity contribution in [3.63, 3.8) is 0 Å². The molecule has 1 aliphatic rings. The zero-order valence-electron chi connectivity index (χ0n) is 11.4. The third-order valence-corrected chi connectivity index (χ3v) is 4.03. The summed E-state index contributed by atoms with van der Waals surface area (Å²) in [5.74, 6) is -0.0500. The highest BCUT2D eigenvalue weighted by Crippen LogP contribution is 2.19. The number of amides is 1. The summed E-state index contributed by atoms with van der Waals surface area (Å²) in [6, 6.07) is 9.62. The quantitative estimate of drug-likeness (QED) is 0.878. The highest BCUT2D eigenvalue weighted by Gasteiger charge is 2.24. The van der Waals surface area contributed by atoms with E-state index in [1.807, 2.05) is 24.3 Å². The van der Waals surface area contributed by atoms with Crippen LogP contribution in [0, 0.1) is 0 Å². The van der Waals surface area contributed by atoms with Crippen LogP contribution < -0.4 is 11.1 Å². The largest absolute Gasteiger partial charge is 0.348 e. The summed E-state index contributed by atoms with van der Waals surface area (Å²) >= 11 is 0. The molecule has 1 fully saturated rings. The van der Waals surface area contributed by atoms with E-state index >= 15 is 0 Å². The Hall–Kier alpha value is -1.94. The van der Waals surface area contributed by atoms with Gasteiger partial charge in [0.2, 0.25) is 0 Å². The molecule has 1 saturated carbocycles. The van der Waals surface area contributed by atoms with Crippen LogP contribution in [0.5, 0.6) is 0 Å². The Balaban J connectivity index is 1.85. The molecule has 2 atom stereocenters. The Bertz CT molecular complexity index is 621. The number of pyridine rings is 1. The lowest BCUT2D eigenvalue weighted by Gasteiger charge is -2.29. The average Bonchev–Trinajstić information content (AvgIpc) is 2.49. The average molecular weight is 269 g/mol. The van der Waals surface area contributed by atoms with Gasteiger partial charge in [0.05, 0.1) is 11.1 Å². The zero-order valence-corrected chi connectivity index (χ0v) is 11.4. The lowest BCUT2D eigenvalue weighted by molar-refractivity contribution is 0.0923. The molecule has 1 aliphatic carbocycles. The third kappa shape index (κ3) is 2.51. The van der Waals surface area contributed by atoms with Crippen LogP contribution in [-0.4, -0.2) is 23.0 Å².